The molecule has 0 heterocycles. The van der Waals surface area contributed by atoms with Crippen molar-refractivity contribution in [2.24, 2.45) is 5.41 Å². The fourth-order valence-electron chi connectivity index (χ4n) is 9.71. The summed E-state index contributed by atoms with van der Waals surface area (Å²) in [6.45, 7) is 7.47. The van der Waals surface area contributed by atoms with Crippen LogP contribution < -0.4 is 0 Å². The summed E-state index contributed by atoms with van der Waals surface area (Å²) in [5.74, 6) is 0. The maximum atomic E-state index is 2.74. The van der Waals surface area contributed by atoms with Crippen molar-refractivity contribution in [3.8, 4) is 0 Å². The first kappa shape index (κ1) is 21.5. The van der Waals surface area contributed by atoms with Crippen molar-refractivity contribution in [1.82, 2.24) is 0 Å². The number of benzene rings is 1. The molecule has 29 heavy (non-hydrogen) atoms. The van der Waals surface area contributed by atoms with Crippen LogP contribution >= 0.6 is 0 Å². The number of allylic oxidation sites excluding steroid dienone is 5. The van der Waals surface area contributed by atoms with E-state index in [1.54, 1.807) is 16.7 Å². The van der Waals surface area contributed by atoms with Crippen LogP contribution in [0.15, 0.2) is 42.5 Å². The van der Waals surface area contributed by atoms with E-state index in [-0.39, 0.29) is 8.59 Å². The normalized spacial score (nSPS) is 31.2. The van der Waals surface area contributed by atoms with Crippen LogP contribution in [0.1, 0.15) is 49.4 Å². The minimum atomic E-state index is -5.69. The van der Waals surface area contributed by atoms with Gasteiger partial charge in [0.2, 0.25) is 0 Å². The van der Waals surface area contributed by atoms with Crippen LogP contribution in [0.4, 0.5) is 0 Å². The van der Waals surface area contributed by atoms with E-state index >= 15 is 0 Å². The standard InChI is InChI=1S/C16H19.C5H5.7CH3.Hf/c1-16(2,3)15-8-7-13-9-11-5-4-6-12(11)10-14(13)15;1-2-4-5-3-1;;;;;;;;/h7-10H,4-6H2,1-3H3;1-5H;7*1H3;. The average Bonchev–Trinajstić information content (AvgIpc) is 3.20. The average molecular weight is 560 g/mol. The van der Waals surface area contributed by atoms with Crippen molar-refractivity contribution in [3.05, 3.63) is 64.8 Å². The van der Waals surface area contributed by atoms with Gasteiger partial charge in [-0.1, -0.05) is 0 Å². The Morgan fingerprint density at radius 2 is 1.34 bits per heavy atom. The number of hydrogen-bond acceptors (Lipinski definition) is 0. The molecule has 0 spiro atoms. The molecule has 161 valence electrons. The van der Waals surface area contributed by atoms with E-state index in [0.717, 1.165) is 0 Å². The van der Waals surface area contributed by atoms with Gasteiger partial charge in [-0.05, 0) is 0 Å². The molecule has 1 atom stereocenters. The van der Waals surface area contributed by atoms with Crippen molar-refractivity contribution in [3.63, 3.8) is 0 Å². The van der Waals surface area contributed by atoms with E-state index in [1.165, 1.54) is 24.8 Å². The monoisotopic (exact) mass is 561 g/mol. The van der Waals surface area contributed by atoms with Gasteiger partial charge in [-0.15, -0.1) is 0 Å². The molecule has 1 heteroatoms. The molecule has 0 radical (unpaired) electrons. The molecule has 1 aromatic rings. The Labute approximate surface area is 167 Å². The fraction of sp³-hybridized carbons (Fsp3) is 0.571. The molecule has 0 aliphatic heterocycles. The summed E-state index contributed by atoms with van der Waals surface area (Å²) in [4.78, 5) is 0. The van der Waals surface area contributed by atoms with E-state index in [2.05, 4.69) is 102 Å². The molecule has 0 N–H and O–H groups in total. The molecule has 3 aliphatic carbocycles. The number of aryl methyl sites for hydroxylation is 2. The third-order valence-electron chi connectivity index (χ3n) is 10.6. The van der Waals surface area contributed by atoms with E-state index in [9.17, 15) is 0 Å². The van der Waals surface area contributed by atoms with Crippen LogP contribution in [0.5, 0.6) is 0 Å². The topological polar surface area (TPSA) is 0 Å². The zero-order valence-electron chi connectivity index (χ0n) is 20.8. The summed E-state index contributed by atoms with van der Waals surface area (Å²) < 4.78 is 19.5. The Balaban J connectivity index is 2.31. The number of rotatable bonds is 2. The van der Waals surface area contributed by atoms with Gasteiger partial charge < -0.3 is 0 Å². The predicted octanol–water partition coefficient (Wildman–Crippen LogP) is 9.53. The molecule has 1 aromatic carbocycles. The summed E-state index contributed by atoms with van der Waals surface area (Å²) in [6, 6.07) is 5.16. The third-order valence-corrected chi connectivity index (χ3v) is 55.7. The molecule has 1 unspecified atom stereocenters. The molecule has 3 aliphatic rings. The first-order valence-corrected chi connectivity index (χ1v) is 41.0. The maximum absolute atomic E-state index is 5.69. The van der Waals surface area contributed by atoms with E-state index < -0.39 is 12.6 Å². The molecular formula is C28H45Hf. The molecular weight excluding hydrogens is 515 g/mol. The fourth-order valence-corrected chi connectivity index (χ4v) is 56.1. The minimum absolute atomic E-state index is 0.0487. The zero-order valence-corrected chi connectivity index (χ0v) is 24.4. The summed E-state index contributed by atoms with van der Waals surface area (Å²) in [5, 5.41) is 0. The Bertz CT molecular complexity index is 1100. The van der Waals surface area contributed by atoms with Crippen LogP contribution in [-0.2, 0) is 28.6 Å². The van der Waals surface area contributed by atoms with E-state index in [0.29, 0.717) is 3.67 Å². The Morgan fingerprint density at radius 1 is 0.828 bits per heavy atom. The molecule has 0 bridgehead atoms. The van der Waals surface area contributed by atoms with Gasteiger partial charge in [-0.2, -0.15) is 0 Å². The van der Waals surface area contributed by atoms with Crippen molar-refractivity contribution < 1.29 is 12.6 Å². The summed E-state index contributed by atoms with van der Waals surface area (Å²) in [6.07, 6.45) is 18.5. The van der Waals surface area contributed by atoms with E-state index in [1.807, 2.05) is 0 Å². The Hall–Kier alpha value is -0.690. The van der Waals surface area contributed by atoms with Gasteiger partial charge in [0.05, 0.1) is 0 Å². The molecule has 0 aromatic heterocycles. The second-order valence-corrected chi connectivity index (χ2v) is 131. The van der Waals surface area contributed by atoms with Crippen LogP contribution in [0.2, 0.25) is 36.4 Å². The molecule has 0 saturated carbocycles. The predicted molar refractivity (Wildman–Crippen MR) is 132 cm³/mol. The second-order valence-electron chi connectivity index (χ2n) is 22.2. The van der Waals surface area contributed by atoms with Crippen LogP contribution in [0, 0.1) is 5.41 Å². The van der Waals surface area contributed by atoms with Gasteiger partial charge in [-0.3, -0.25) is 0 Å². The first-order chi connectivity index (χ1) is 12.4. The van der Waals surface area contributed by atoms with Gasteiger partial charge in [-0.25, -0.2) is 0 Å². The molecule has 0 nitrogen and oxygen atoms in total. The van der Waals surface area contributed by atoms with Crippen molar-refractivity contribution in [2.45, 2.75) is 79.6 Å². The van der Waals surface area contributed by atoms with Crippen molar-refractivity contribution in [1.29, 1.82) is 0 Å². The third kappa shape index (κ3) is 2.19. The Kier molecular flexibility index (Phi) is 2.61. The zero-order chi connectivity index (χ0) is 22.0. The second kappa shape index (κ2) is 3.52. The van der Waals surface area contributed by atoms with Crippen LogP contribution in [0.3, 0.4) is 0 Å². The quantitative estimate of drug-likeness (QED) is 0.316. The van der Waals surface area contributed by atoms with Crippen molar-refractivity contribution in [2.75, 3.05) is 0 Å². The van der Waals surface area contributed by atoms with Gasteiger partial charge in [0.25, 0.3) is 0 Å². The summed E-state index contributed by atoms with van der Waals surface area (Å²) >= 11 is -5.69. The van der Waals surface area contributed by atoms with E-state index in [4.69, 9.17) is 0 Å². The first-order valence-electron chi connectivity index (χ1n) is 12.0. The summed E-state index contributed by atoms with van der Waals surface area (Å²) in [7, 11) is 0. The van der Waals surface area contributed by atoms with Gasteiger partial charge in [0.1, 0.15) is 0 Å². The summed E-state index contributed by atoms with van der Waals surface area (Å²) in [5.41, 5.74) is 6.27. The molecule has 0 saturated heterocycles. The van der Waals surface area contributed by atoms with Gasteiger partial charge in [0, 0.05) is 0 Å². The molecule has 0 fully saturated rings. The number of fused-ring (bicyclic) bond motifs is 2. The Morgan fingerprint density at radius 3 is 1.86 bits per heavy atom. The molecule has 0 amide bonds. The van der Waals surface area contributed by atoms with Crippen LogP contribution in [-0.4, -0.2) is 0 Å². The SMILES string of the molecule is CC(C)(C)[C]1([Hf]([CH3])([CH3])([CH3])([CH3])([CH3])([CH3])([CH3])[CH]2C=CC=C2)C=Cc2cc3c(cc21)CCC3. The van der Waals surface area contributed by atoms with Gasteiger partial charge in [0.15, 0.2) is 0 Å². The van der Waals surface area contributed by atoms with Gasteiger partial charge >= 0.3 is 169 Å². The van der Waals surface area contributed by atoms with Crippen LogP contribution in [0.25, 0.3) is 6.08 Å². The van der Waals surface area contributed by atoms with Crippen molar-refractivity contribution >= 4 is 6.08 Å². The number of hydrogen-bond donors (Lipinski definition) is 0. The molecule has 4 rings (SSSR count).